The van der Waals surface area contributed by atoms with Gasteiger partial charge in [-0.2, -0.15) is 5.10 Å². The van der Waals surface area contributed by atoms with Crippen LogP contribution in [-0.4, -0.2) is 20.5 Å². The van der Waals surface area contributed by atoms with E-state index in [-0.39, 0.29) is 17.3 Å². The molecule has 0 atom stereocenters. The molecule has 0 spiro atoms. The van der Waals surface area contributed by atoms with Crippen LogP contribution in [0.15, 0.2) is 94.2 Å². The third-order valence-electron chi connectivity index (χ3n) is 5.56. The Labute approximate surface area is 219 Å². The number of thiophene rings is 1. The van der Waals surface area contributed by atoms with E-state index >= 15 is 0 Å². The fraction of sp³-hybridized carbons (Fsp3) is 0.111. The van der Waals surface area contributed by atoms with E-state index in [0.29, 0.717) is 21.8 Å². The Morgan fingerprint density at radius 1 is 1.00 bits per heavy atom. The zero-order chi connectivity index (χ0) is 25.7. The minimum absolute atomic E-state index is 0.0656. The van der Waals surface area contributed by atoms with Crippen molar-refractivity contribution in [3.05, 3.63) is 116 Å². The van der Waals surface area contributed by atoms with E-state index < -0.39 is 10.0 Å². The maximum absolute atomic E-state index is 13.6. The minimum atomic E-state index is -3.88. The van der Waals surface area contributed by atoms with Gasteiger partial charge in [-0.15, -0.1) is 11.3 Å². The Morgan fingerprint density at radius 3 is 2.39 bits per heavy atom. The van der Waals surface area contributed by atoms with Crippen LogP contribution in [0.4, 0.5) is 5.69 Å². The summed E-state index contributed by atoms with van der Waals surface area (Å²) in [7, 11) is -3.88. The standard InChI is InChI=1S/C27H24ClN3O3S2/c1-19-8-13-23(28)16-25(19)31(36(33,34)24-6-4-3-5-7-24)18-21-9-11-22(12-10-21)27(32)30-29-17-26-20(2)14-15-35-26/h3-17H,18H2,1-2H3,(H,30,32)/b29-17-. The lowest BCUT2D eigenvalue weighted by atomic mass is 10.1. The second-order valence-corrected chi connectivity index (χ2v) is 11.4. The summed E-state index contributed by atoms with van der Waals surface area (Å²) in [4.78, 5) is 13.7. The highest BCUT2D eigenvalue weighted by molar-refractivity contribution is 7.92. The van der Waals surface area contributed by atoms with E-state index in [4.69, 9.17) is 11.6 Å². The molecular formula is C27H24ClN3O3S2. The molecule has 0 fully saturated rings. The summed E-state index contributed by atoms with van der Waals surface area (Å²) in [5.41, 5.74) is 6.00. The van der Waals surface area contributed by atoms with Crippen LogP contribution in [0.25, 0.3) is 0 Å². The average Bonchev–Trinajstić information content (AvgIpc) is 3.29. The van der Waals surface area contributed by atoms with Gasteiger partial charge in [-0.05, 0) is 78.4 Å². The lowest BCUT2D eigenvalue weighted by Gasteiger charge is -2.26. The Morgan fingerprint density at radius 2 is 1.72 bits per heavy atom. The molecule has 1 N–H and O–H groups in total. The number of halogens is 1. The normalized spacial score (nSPS) is 11.5. The molecule has 4 rings (SSSR count). The Kier molecular flexibility index (Phi) is 7.88. The zero-order valence-corrected chi connectivity index (χ0v) is 22.1. The Bertz CT molecular complexity index is 1500. The van der Waals surface area contributed by atoms with Crippen LogP contribution in [0, 0.1) is 13.8 Å². The predicted octanol–water partition coefficient (Wildman–Crippen LogP) is 6.18. The van der Waals surface area contributed by atoms with Gasteiger partial charge in [0, 0.05) is 15.5 Å². The van der Waals surface area contributed by atoms with Crippen molar-refractivity contribution in [2.45, 2.75) is 25.3 Å². The maximum Gasteiger partial charge on any atom is 0.271 e. The summed E-state index contributed by atoms with van der Waals surface area (Å²) in [6.07, 6.45) is 1.62. The molecule has 0 bridgehead atoms. The number of sulfonamides is 1. The zero-order valence-electron chi connectivity index (χ0n) is 19.7. The Hall–Kier alpha value is -3.46. The molecule has 0 saturated heterocycles. The van der Waals surface area contributed by atoms with Crippen molar-refractivity contribution < 1.29 is 13.2 Å². The predicted molar refractivity (Wildman–Crippen MR) is 147 cm³/mol. The molecule has 9 heteroatoms. The second-order valence-electron chi connectivity index (χ2n) is 8.12. The maximum atomic E-state index is 13.6. The average molecular weight is 538 g/mol. The number of carbonyl (C=O) groups excluding carboxylic acids is 1. The number of hydrogen-bond acceptors (Lipinski definition) is 5. The van der Waals surface area contributed by atoms with E-state index in [1.807, 2.05) is 25.3 Å². The van der Waals surface area contributed by atoms with Crippen molar-refractivity contribution in [1.29, 1.82) is 0 Å². The van der Waals surface area contributed by atoms with E-state index in [0.717, 1.165) is 16.0 Å². The molecule has 0 radical (unpaired) electrons. The number of hydrogen-bond donors (Lipinski definition) is 1. The lowest BCUT2D eigenvalue weighted by Crippen LogP contribution is -2.31. The summed E-state index contributed by atoms with van der Waals surface area (Å²) in [6, 6.07) is 22.2. The third kappa shape index (κ3) is 5.84. The molecule has 36 heavy (non-hydrogen) atoms. The highest BCUT2D eigenvalue weighted by atomic mass is 35.5. The fourth-order valence-corrected chi connectivity index (χ4v) is 6.01. The van der Waals surface area contributed by atoms with Crippen LogP contribution in [0.3, 0.4) is 0 Å². The second kappa shape index (κ2) is 11.1. The highest BCUT2D eigenvalue weighted by Crippen LogP contribution is 2.31. The first-order chi connectivity index (χ1) is 17.3. The number of aryl methyl sites for hydroxylation is 2. The first-order valence-electron chi connectivity index (χ1n) is 11.1. The number of nitrogens with one attached hydrogen (secondary N) is 1. The number of anilines is 1. The number of benzene rings is 3. The van der Waals surface area contributed by atoms with Gasteiger partial charge in [0.2, 0.25) is 0 Å². The van der Waals surface area contributed by atoms with Crippen LogP contribution in [-0.2, 0) is 16.6 Å². The Balaban J connectivity index is 1.57. The number of carbonyl (C=O) groups is 1. The van der Waals surface area contributed by atoms with Crippen LogP contribution in [0.2, 0.25) is 5.02 Å². The molecule has 4 aromatic rings. The molecule has 0 saturated carbocycles. The SMILES string of the molecule is Cc1ccc(Cl)cc1N(Cc1ccc(C(=O)N/N=C\c2sccc2C)cc1)S(=O)(=O)c1ccccc1. The van der Waals surface area contributed by atoms with Gasteiger partial charge in [0.1, 0.15) is 0 Å². The van der Waals surface area contributed by atoms with Gasteiger partial charge >= 0.3 is 0 Å². The molecule has 0 aliphatic heterocycles. The molecular weight excluding hydrogens is 514 g/mol. The summed E-state index contributed by atoms with van der Waals surface area (Å²) in [5, 5.41) is 6.43. The van der Waals surface area contributed by atoms with Gasteiger partial charge in [-0.25, -0.2) is 13.8 Å². The number of hydrazone groups is 1. The molecule has 1 aromatic heterocycles. The topological polar surface area (TPSA) is 78.8 Å². The molecule has 184 valence electrons. The number of amides is 1. The number of rotatable bonds is 8. The molecule has 0 unspecified atom stereocenters. The van der Waals surface area contributed by atoms with Gasteiger partial charge in [-0.1, -0.05) is 48.0 Å². The van der Waals surface area contributed by atoms with E-state index in [9.17, 15) is 13.2 Å². The largest absolute Gasteiger partial charge is 0.271 e. The van der Waals surface area contributed by atoms with Crippen LogP contribution in [0.1, 0.15) is 31.9 Å². The molecule has 6 nitrogen and oxygen atoms in total. The van der Waals surface area contributed by atoms with E-state index in [2.05, 4.69) is 10.5 Å². The van der Waals surface area contributed by atoms with E-state index in [1.54, 1.807) is 90.3 Å². The van der Waals surface area contributed by atoms with Crippen molar-refractivity contribution in [2.24, 2.45) is 5.10 Å². The van der Waals surface area contributed by atoms with E-state index in [1.165, 1.54) is 4.31 Å². The summed E-state index contributed by atoms with van der Waals surface area (Å²) in [6.45, 7) is 3.88. The molecule has 3 aromatic carbocycles. The van der Waals surface area contributed by atoms with Crippen molar-refractivity contribution in [3.63, 3.8) is 0 Å². The van der Waals surface area contributed by atoms with Gasteiger partial charge in [0.05, 0.1) is 23.3 Å². The summed E-state index contributed by atoms with van der Waals surface area (Å²) in [5.74, 6) is -0.355. The summed E-state index contributed by atoms with van der Waals surface area (Å²) < 4.78 is 28.6. The quantitative estimate of drug-likeness (QED) is 0.215. The molecule has 0 aliphatic carbocycles. The third-order valence-corrected chi connectivity index (χ3v) is 8.53. The smallest absolute Gasteiger partial charge is 0.267 e. The van der Waals surface area contributed by atoms with Gasteiger partial charge in [0.15, 0.2) is 0 Å². The van der Waals surface area contributed by atoms with Crippen LogP contribution >= 0.6 is 22.9 Å². The fourth-order valence-electron chi connectivity index (χ4n) is 3.53. The lowest BCUT2D eigenvalue weighted by molar-refractivity contribution is 0.0955. The first-order valence-corrected chi connectivity index (χ1v) is 13.8. The van der Waals surface area contributed by atoms with Crippen molar-refractivity contribution in [3.8, 4) is 0 Å². The molecule has 0 aliphatic rings. The monoisotopic (exact) mass is 537 g/mol. The van der Waals surface area contributed by atoms with Crippen molar-refractivity contribution in [2.75, 3.05) is 4.31 Å². The first kappa shape index (κ1) is 25.6. The van der Waals surface area contributed by atoms with Crippen LogP contribution < -0.4 is 9.73 Å². The van der Waals surface area contributed by atoms with Crippen LogP contribution in [0.5, 0.6) is 0 Å². The van der Waals surface area contributed by atoms with Gasteiger partial charge in [-0.3, -0.25) is 9.10 Å². The molecule has 1 amide bonds. The molecule has 1 heterocycles. The van der Waals surface area contributed by atoms with Gasteiger partial charge < -0.3 is 0 Å². The van der Waals surface area contributed by atoms with Crippen molar-refractivity contribution in [1.82, 2.24) is 5.43 Å². The highest BCUT2D eigenvalue weighted by Gasteiger charge is 2.26. The summed E-state index contributed by atoms with van der Waals surface area (Å²) >= 11 is 7.76. The van der Waals surface area contributed by atoms with Gasteiger partial charge in [0.25, 0.3) is 15.9 Å². The van der Waals surface area contributed by atoms with Crippen molar-refractivity contribution >= 4 is 50.8 Å². The minimum Gasteiger partial charge on any atom is -0.267 e. The number of nitrogens with zero attached hydrogens (tertiary/aromatic N) is 2.